The largest absolute Gasteiger partial charge is 0.508 e. The van der Waals surface area contributed by atoms with Gasteiger partial charge in [-0.1, -0.05) is 17.2 Å². The Labute approximate surface area is 163 Å². The van der Waals surface area contributed by atoms with Gasteiger partial charge in [0.25, 0.3) is 0 Å². The average Bonchev–Trinajstić information content (AvgIpc) is 2.61. The van der Waals surface area contributed by atoms with Gasteiger partial charge < -0.3 is 19.4 Å². The molecule has 3 rings (SSSR count). The van der Waals surface area contributed by atoms with Crippen molar-refractivity contribution in [3.05, 3.63) is 63.9 Å². The van der Waals surface area contributed by atoms with Crippen molar-refractivity contribution < 1.29 is 19.4 Å². The van der Waals surface area contributed by atoms with Crippen LogP contribution in [0.15, 0.2) is 62.8 Å². The Morgan fingerprint density at radius 1 is 1.07 bits per heavy atom. The van der Waals surface area contributed by atoms with E-state index in [0.29, 0.717) is 23.3 Å². The molecule has 2 aromatic carbocycles. The minimum atomic E-state index is -0.368. The van der Waals surface area contributed by atoms with Crippen LogP contribution in [0, 0.1) is 0 Å². The van der Waals surface area contributed by atoms with E-state index in [-0.39, 0.29) is 27.9 Å². The van der Waals surface area contributed by atoms with E-state index in [1.807, 2.05) is 6.08 Å². The van der Waals surface area contributed by atoms with Gasteiger partial charge in [-0.2, -0.15) is 0 Å². The van der Waals surface area contributed by atoms with Crippen LogP contribution in [0.1, 0.15) is 33.6 Å². The number of hydrogen-bond acceptors (Lipinski definition) is 5. The van der Waals surface area contributed by atoms with E-state index in [4.69, 9.17) is 9.15 Å². The van der Waals surface area contributed by atoms with Crippen LogP contribution in [0.25, 0.3) is 21.9 Å². The van der Waals surface area contributed by atoms with E-state index >= 15 is 0 Å². The molecular weight excluding hydrogens is 356 g/mol. The van der Waals surface area contributed by atoms with E-state index in [1.165, 1.54) is 17.2 Å². The average molecular weight is 380 g/mol. The lowest BCUT2D eigenvalue weighted by molar-refractivity contribution is 0.362. The van der Waals surface area contributed by atoms with Gasteiger partial charge >= 0.3 is 0 Å². The first-order valence-corrected chi connectivity index (χ1v) is 9.19. The molecule has 3 aromatic rings. The molecule has 0 atom stereocenters. The lowest BCUT2D eigenvalue weighted by atomic mass is 10.1. The van der Waals surface area contributed by atoms with Gasteiger partial charge in [-0.15, -0.1) is 0 Å². The number of aromatic hydroxyl groups is 2. The molecule has 0 bridgehead atoms. The zero-order valence-electron chi connectivity index (χ0n) is 16.3. The first-order valence-electron chi connectivity index (χ1n) is 9.19. The number of hydrogen-bond donors (Lipinski definition) is 2. The molecule has 0 unspecified atom stereocenters. The lowest BCUT2D eigenvalue weighted by Crippen LogP contribution is -2.03. The fourth-order valence-electron chi connectivity index (χ4n) is 2.98. The summed E-state index contributed by atoms with van der Waals surface area (Å²) >= 11 is 0. The first kappa shape index (κ1) is 19.5. The fraction of sp³-hybridized carbons (Fsp3) is 0.261. The van der Waals surface area contributed by atoms with Crippen molar-refractivity contribution in [2.75, 3.05) is 6.61 Å². The standard InChI is InChI=1S/C23H24O5/c1-14(2)5-4-6-15(3)9-10-27-17-7-8-20-18(13-17)23(26)22-19(25)11-16(24)12-21(22)28-20/h5,7-9,11-13,24-25H,4,6,10H2,1-3H3/b15-9+. The maximum Gasteiger partial charge on any atom is 0.204 e. The summed E-state index contributed by atoms with van der Waals surface area (Å²) in [4.78, 5) is 12.8. The Balaban J connectivity index is 1.82. The summed E-state index contributed by atoms with van der Waals surface area (Å²) in [5, 5.41) is 20.0. The van der Waals surface area contributed by atoms with E-state index in [1.54, 1.807) is 18.2 Å². The number of fused-ring (bicyclic) bond motifs is 2. The Morgan fingerprint density at radius 2 is 1.86 bits per heavy atom. The molecule has 5 nitrogen and oxygen atoms in total. The predicted octanol–water partition coefficient (Wildman–Crippen LogP) is 5.43. The van der Waals surface area contributed by atoms with E-state index < -0.39 is 0 Å². The Kier molecular flexibility index (Phi) is 5.73. The van der Waals surface area contributed by atoms with Crippen LogP contribution in [0.2, 0.25) is 0 Å². The molecule has 0 aliphatic rings. The molecule has 2 N–H and O–H groups in total. The van der Waals surface area contributed by atoms with Crippen LogP contribution < -0.4 is 10.2 Å². The molecule has 0 aliphatic carbocycles. The van der Waals surface area contributed by atoms with Gasteiger partial charge in [0.1, 0.15) is 40.4 Å². The normalized spacial score (nSPS) is 11.8. The van der Waals surface area contributed by atoms with Gasteiger partial charge in [-0.05, 0) is 57.9 Å². The molecule has 0 saturated carbocycles. The molecular formula is C23H24O5. The zero-order chi connectivity index (χ0) is 20.3. The number of allylic oxidation sites excluding steroid dienone is 3. The van der Waals surface area contributed by atoms with Crippen molar-refractivity contribution in [1.82, 2.24) is 0 Å². The van der Waals surface area contributed by atoms with Gasteiger partial charge in [-0.3, -0.25) is 4.79 Å². The third-order valence-electron chi connectivity index (χ3n) is 4.48. The van der Waals surface area contributed by atoms with Crippen molar-refractivity contribution >= 4 is 21.9 Å². The molecule has 28 heavy (non-hydrogen) atoms. The monoisotopic (exact) mass is 380 g/mol. The number of phenols is 2. The number of ether oxygens (including phenoxy) is 1. The maximum atomic E-state index is 12.8. The van der Waals surface area contributed by atoms with Crippen LogP contribution in [0.5, 0.6) is 17.2 Å². The van der Waals surface area contributed by atoms with Crippen molar-refractivity contribution in [1.29, 1.82) is 0 Å². The summed E-state index contributed by atoms with van der Waals surface area (Å²) < 4.78 is 11.4. The summed E-state index contributed by atoms with van der Waals surface area (Å²) in [5.74, 6) is 0.0665. The van der Waals surface area contributed by atoms with E-state index in [2.05, 4.69) is 26.8 Å². The van der Waals surface area contributed by atoms with Gasteiger partial charge in [0.2, 0.25) is 5.43 Å². The molecule has 0 aliphatic heterocycles. The molecule has 5 heteroatoms. The minimum Gasteiger partial charge on any atom is -0.508 e. The highest BCUT2D eigenvalue weighted by Crippen LogP contribution is 2.30. The number of benzene rings is 2. The highest BCUT2D eigenvalue weighted by molar-refractivity contribution is 5.94. The molecule has 0 fully saturated rings. The zero-order valence-corrected chi connectivity index (χ0v) is 16.3. The second-order valence-corrected chi connectivity index (χ2v) is 7.11. The molecule has 1 heterocycles. The second-order valence-electron chi connectivity index (χ2n) is 7.11. The number of phenolic OH excluding ortho intramolecular Hbond substituents is 2. The summed E-state index contributed by atoms with van der Waals surface area (Å²) in [5.41, 5.74) is 2.69. The van der Waals surface area contributed by atoms with Crippen LogP contribution in [0.4, 0.5) is 0 Å². The van der Waals surface area contributed by atoms with Gasteiger partial charge in [0.15, 0.2) is 0 Å². The van der Waals surface area contributed by atoms with Crippen LogP contribution >= 0.6 is 0 Å². The fourth-order valence-corrected chi connectivity index (χ4v) is 2.98. The molecule has 0 amide bonds. The molecule has 146 valence electrons. The first-order chi connectivity index (χ1) is 13.3. The maximum absolute atomic E-state index is 12.8. The molecule has 0 saturated heterocycles. The van der Waals surface area contributed by atoms with Crippen LogP contribution in [0.3, 0.4) is 0 Å². The van der Waals surface area contributed by atoms with Gasteiger partial charge in [0.05, 0.1) is 5.39 Å². The van der Waals surface area contributed by atoms with Crippen molar-refractivity contribution in [2.24, 2.45) is 0 Å². The van der Waals surface area contributed by atoms with E-state index in [9.17, 15) is 15.0 Å². The quantitative estimate of drug-likeness (QED) is 0.440. The highest BCUT2D eigenvalue weighted by Gasteiger charge is 2.13. The third kappa shape index (κ3) is 4.36. The Bertz CT molecular complexity index is 1130. The molecule has 0 spiro atoms. The summed E-state index contributed by atoms with van der Waals surface area (Å²) in [6.45, 7) is 6.65. The number of rotatable bonds is 6. The van der Waals surface area contributed by atoms with E-state index in [0.717, 1.165) is 18.9 Å². The van der Waals surface area contributed by atoms with Crippen LogP contribution in [-0.4, -0.2) is 16.8 Å². The van der Waals surface area contributed by atoms with Gasteiger partial charge in [-0.25, -0.2) is 0 Å². The molecule has 0 radical (unpaired) electrons. The summed E-state index contributed by atoms with van der Waals surface area (Å²) in [7, 11) is 0. The third-order valence-corrected chi connectivity index (χ3v) is 4.48. The topological polar surface area (TPSA) is 79.9 Å². The van der Waals surface area contributed by atoms with Crippen molar-refractivity contribution in [3.63, 3.8) is 0 Å². The highest BCUT2D eigenvalue weighted by atomic mass is 16.5. The Hall–Kier alpha value is -3.21. The minimum absolute atomic E-state index is 0.0393. The van der Waals surface area contributed by atoms with Crippen LogP contribution in [-0.2, 0) is 0 Å². The van der Waals surface area contributed by atoms with Crippen molar-refractivity contribution in [2.45, 2.75) is 33.6 Å². The SMILES string of the molecule is CC(C)=CCC/C(C)=C/COc1ccc2oc3cc(O)cc(O)c3c(=O)c2c1. The molecule has 1 aromatic heterocycles. The summed E-state index contributed by atoms with van der Waals surface area (Å²) in [6.07, 6.45) is 6.22. The smallest absolute Gasteiger partial charge is 0.204 e. The predicted molar refractivity (Wildman–Crippen MR) is 111 cm³/mol. The lowest BCUT2D eigenvalue weighted by Gasteiger charge is -2.07. The Morgan fingerprint density at radius 3 is 2.61 bits per heavy atom. The second kappa shape index (κ2) is 8.21. The van der Waals surface area contributed by atoms with Crippen molar-refractivity contribution in [3.8, 4) is 17.2 Å². The van der Waals surface area contributed by atoms with Gasteiger partial charge in [0, 0.05) is 12.1 Å². The summed E-state index contributed by atoms with van der Waals surface area (Å²) in [6, 6.07) is 7.42.